The molecular formula is C28H33FN6O. The van der Waals surface area contributed by atoms with Crippen molar-refractivity contribution < 1.29 is 4.39 Å². The fourth-order valence-electron chi connectivity index (χ4n) is 5.51. The van der Waals surface area contributed by atoms with Gasteiger partial charge in [-0.05, 0) is 71.3 Å². The maximum Gasteiger partial charge on any atom is 0.252 e. The van der Waals surface area contributed by atoms with Crippen LogP contribution in [0.2, 0.25) is 0 Å². The Hall–Kier alpha value is -3.39. The van der Waals surface area contributed by atoms with Crippen LogP contribution in [0.15, 0.2) is 53.3 Å². The number of benzene rings is 2. The number of H-pyrrole nitrogens is 1. The van der Waals surface area contributed by atoms with Gasteiger partial charge in [0.15, 0.2) is 5.82 Å². The van der Waals surface area contributed by atoms with Crippen LogP contribution in [0.1, 0.15) is 74.0 Å². The lowest BCUT2D eigenvalue weighted by molar-refractivity contribution is 0.108. The Morgan fingerprint density at radius 1 is 1.17 bits per heavy atom. The summed E-state index contributed by atoms with van der Waals surface area (Å²) in [5.74, 6) is 0.531. The summed E-state index contributed by atoms with van der Waals surface area (Å²) in [6.45, 7) is 5.19. The molecule has 1 aliphatic carbocycles. The van der Waals surface area contributed by atoms with Gasteiger partial charge in [-0.2, -0.15) is 0 Å². The number of pyridine rings is 1. The Morgan fingerprint density at radius 3 is 2.69 bits per heavy atom. The van der Waals surface area contributed by atoms with Crippen LogP contribution in [-0.4, -0.2) is 36.1 Å². The van der Waals surface area contributed by atoms with Gasteiger partial charge >= 0.3 is 0 Å². The van der Waals surface area contributed by atoms with E-state index in [1.165, 1.54) is 25.0 Å². The van der Waals surface area contributed by atoms with Crippen molar-refractivity contribution in [2.24, 2.45) is 0 Å². The number of tetrazole rings is 1. The highest BCUT2D eigenvalue weighted by atomic mass is 19.1. The van der Waals surface area contributed by atoms with Crippen LogP contribution in [0.3, 0.4) is 0 Å². The molecule has 1 saturated carbocycles. The van der Waals surface area contributed by atoms with Crippen molar-refractivity contribution in [2.45, 2.75) is 77.5 Å². The van der Waals surface area contributed by atoms with Crippen LogP contribution in [0.5, 0.6) is 0 Å². The summed E-state index contributed by atoms with van der Waals surface area (Å²) in [6.07, 6.45) is 6.42. The Bertz CT molecular complexity index is 1370. The minimum atomic E-state index is -0.261. The van der Waals surface area contributed by atoms with E-state index >= 15 is 0 Å². The molecule has 0 bridgehead atoms. The Kier molecular flexibility index (Phi) is 7.23. The average Bonchev–Trinajstić information content (AvgIpc) is 3.56. The third kappa shape index (κ3) is 5.09. The maximum atomic E-state index is 13.4. The molecule has 36 heavy (non-hydrogen) atoms. The molecule has 188 valence electrons. The molecule has 0 spiro atoms. The molecule has 7 nitrogen and oxygen atoms in total. The molecule has 2 heterocycles. The number of hydrogen-bond donors (Lipinski definition) is 1. The highest BCUT2D eigenvalue weighted by Gasteiger charge is 2.33. The first-order valence-electron chi connectivity index (χ1n) is 12.9. The van der Waals surface area contributed by atoms with Crippen molar-refractivity contribution in [3.63, 3.8) is 0 Å². The van der Waals surface area contributed by atoms with Crippen LogP contribution in [0.4, 0.5) is 4.39 Å². The van der Waals surface area contributed by atoms with Crippen molar-refractivity contribution >= 4 is 10.9 Å². The summed E-state index contributed by atoms with van der Waals surface area (Å²) in [5, 5.41) is 13.8. The molecular weight excluding hydrogens is 455 g/mol. The van der Waals surface area contributed by atoms with Gasteiger partial charge in [-0.15, -0.1) is 5.10 Å². The highest BCUT2D eigenvalue weighted by molar-refractivity contribution is 5.81. The first kappa shape index (κ1) is 24.3. The summed E-state index contributed by atoms with van der Waals surface area (Å²) >= 11 is 0. The summed E-state index contributed by atoms with van der Waals surface area (Å²) < 4.78 is 15.3. The molecule has 0 aliphatic heterocycles. The van der Waals surface area contributed by atoms with Gasteiger partial charge in [-0.1, -0.05) is 56.5 Å². The summed E-state index contributed by atoms with van der Waals surface area (Å²) in [4.78, 5) is 18.8. The number of aromatic nitrogens is 5. The van der Waals surface area contributed by atoms with Gasteiger partial charge in [-0.25, -0.2) is 9.07 Å². The van der Waals surface area contributed by atoms with E-state index < -0.39 is 0 Å². The average molecular weight is 489 g/mol. The number of para-hydroxylation sites is 1. The molecule has 0 saturated heterocycles. The minimum absolute atomic E-state index is 0.0267. The smallest absolute Gasteiger partial charge is 0.252 e. The van der Waals surface area contributed by atoms with E-state index in [-0.39, 0.29) is 17.4 Å². The van der Waals surface area contributed by atoms with Crippen LogP contribution in [0.25, 0.3) is 10.9 Å². The van der Waals surface area contributed by atoms with Gasteiger partial charge in [0.05, 0.1) is 18.1 Å². The van der Waals surface area contributed by atoms with Crippen molar-refractivity contribution in [3.8, 4) is 0 Å². The molecule has 1 aliphatic rings. The summed E-state index contributed by atoms with van der Waals surface area (Å²) in [7, 11) is 0. The maximum absolute atomic E-state index is 13.4. The number of hydrogen-bond acceptors (Lipinski definition) is 5. The molecule has 5 rings (SSSR count). The van der Waals surface area contributed by atoms with Crippen LogP contribution in [0, 0.1) is 12.7 Å². The zero-order valence-corrected chi connectivity index (χ0v) is 21.0. The van der Waals surface area contributed by atoms with E-state index in [1.807, 2.05) is 29.8 Å². The van der Waals surface area contributed by atoms with Crippen molar-refractivity contribution in [3.05, 3.63) is 87.2 Å². The Morgan fingerprint density at radius 2 is 1.94 bits per heavy atom. The van der Waals surface area contributed by atoms with Gasteiger partial charge in [0.25, 0.3) is 5.56 Å². The largest absolute Gasteiger partial charge is 0.321 e. The third-order valence-electron chi connectivity index (χ3n) is 7.38. The van der Waals surface area contributed by atoms with E-state index in [9.17, 15) is 9.18 Å². The summed E-state index contributed by atoms with van der Waals surface area (Å²) in [6, 6.07) is 14.9. The molecule has 8 heteroatoms. The van der Waals surface area contributed by atoms with Crippen molar-refractivity contribution in [1.82, 2.24) is 30.1 Å². The molecule has 0 radical (unpaired) electrons. The fraction of sp³-hybridized carbons (Fsp3) is 0.429. The molecule has 0 amide bonds. The second-order valence-corrected chi connectivity index (χ2v) is 9.90. The van der Waals surface area contributed by atoms with Crippen molar-refractivity contribution in [2.75, 3.05) is 0 Å². The SMILES string of the molecule is CCCC(c1nnnn1Cc1ccc(F)cc1)N(Cc1cc2cccc(C)c2[nH]c1=O)C1CCCC1. The van der Waals surface area contributed by atoms with E-state index in [0.717, 1.165) is 59.1 Å². The van der Waals surface area contributed by atoms with E-state index in [0.29, 0.717) is 19.1 Å². The number of aryl methyl sites for hydroxylation is 1. The van der Waals surface area contributed by atoms with Crippen LogP contribution < -0.4 is 5.56 Å². The zero-order chi connectivity index (χ0) is 25.1. The van der Waals surface area contributed by atoms with Crippen LogP contribution in [-0.2, 0) is 13.1 Å². The predicted molar refractivity (Wildman–Crippen MR) is 138 cm³/mol. The summed E-state index contributed by atoms with van der Waals surface area (Å²) in [5.41, 5.74) is 3.62. The van der Waals surface area contributed by atoms with Gasteiger partial charge in [0.2, 0.25) is 0 Å². The van der Waals surface area contributed by atoms with Gasteiger partial charge in [0, 0.05) is 18.2 Å². The fourth-order valence-corrected chi connectivity index (χ4v) is 5.51. The van der Waals surface area contributed by atoms with Gasteiger partial charge < -0.3 is 4.98 Å². The number of nitrogens with one attached hydrogen (secondary N) is 1. The number of halogens is 1. The van der Waals surface area contributed by atoms with E-state index in [4.69, 9.17) is 0 Å². The van der Waals surface area contributed by atoms with E-state index in [2.05, 4.69) is 38.4 Å². The van der Waals surface area contributed by atoms with Crippen molar-refractivity contribution in [1.29, 1.82) is 0 Å². The van der Waals surface area contributed by atoms with E-state index in [1.54, 1.807) is 12.1 Å². The van der Waals surface area contributed by atoms with Crippen LogP contribution >= 0.6 is 0 Å². The zero-order valence-electron chi connectivity index (χ0n) is 21.0. The molecule has 1 atom stereocenters. The second-order valence-electron chi connectivity index (χ2n) is 9.90. The molecule has 1 unspecified atom stereocenters. The molecule has 1 N–H and O–H groups in total. The number of rotatable bonds is 9. The second kappa shape index (κ2) is 10.7. The first-order valence-corrected chi connectivity index (χ1v) is 12.9. The molecule has 1 fully saturated rings. The molecule has 2 aromatic carbocycles. The monoisotopic (exact) mass is 488 g/mol. The Balaban J connectivity index is 1.51. The number of aromatic amines is 1. The highest BCUT2D eigenvalue weighted by Crippen LogP contribution is 2.34. The lowest BCUT2D eigenvalue weighted by Crippen LogP contribution is -2.39. The quantitative estimate of drug-likeness (QED) is 0.346. The normalized spacial score (nSPS) is 15.2. The standard InChI is InChI=1S/C28H33FN6O/c1-3-7-25(27-31-32-33-35(27)17-20-12-14-23(29)15-13-20)34(24-10-4-5-11-24)18-22-16-21-9-6-8-19(2)26(21)30-28(22)36/h6,8-9,12-16,24-25H,3-5,7,10-11,17-18H2,1-2H3,(H,30,36). The minimum Gasteiger partial charge on any atom is -0.321 e. The lowest BCUT2D eigenvalue weighted by atomic mass is 10.0. The molecule has 4 aromatic rings. The Labute approximate surface area is 210 Å². The van der Waals surface area contributed by atoms with Gasteiger partial charge in [-0.3, -0.25) is 9.69 Å². The van der Waals surface area contributed by atoms with Gasteiger partial charge in [0.1, 0.15) is 5.82 Å². The first-order chi connectivity index (χ1) is 17.5. The molecule has 2 aromatic heterocycles. The number of nitrogens with zero attached hydrogens (tertiary/aromatic N) is 5. The predicted octanol–water partition coefficient (Wildman–Crippen LogP) is 5.30. The lowest BCUT2D eigenvalue weighted by Gasteiger charge is -2.35. The topological polar surface area (TPSA) is 79.7 Å². The third-order valence-corrected chi connectivity index (χ3v) is 7.38. The number of fused-ring (bicyclic) bond motifs is 1.